The van der Waals surface area contributed by atoms with Gasteiger partial charge in [0.15, 0.2) is 0 Å². The highest BCUT2D eigenvalue weighted by atomic mass is 16.3. The van der Waals surface area contributed by atoms with Crippen LogP contribution in [0.15, 0.2) is 43.0 Å². The van der Waals surface area contributed by atoms with Gasteiger partial charge in [0.1, 0.15) is 0 Å². The molecule has 1 aromatic carbocycles. The second kappa shape index (κ2) is 6.34. The Labute approximate surface area is 118 Å². The van der Waals surface area contributed by atoms with E-state index in [1.165, 1.54) is 0 Å². The second-order valence-corrected chi connectivity index (χ2v) is 4.94. The van der Waals surface area contributed by atoms with E-state index >= 15 is 0 Å². The summed E-state index contributed by atoms with van der Waals surface area (Å²) in [5, 5.41) is 12.0. The zero-order valence-corrected chi connectivity index (χ0v) is 11.7. The van der Waals surface area contributed by atoms with Gasteiger partial charge in [-0.15, -0.1) is 0 Å². The lowest BCUT2D eigenvalue weighted by Gasteiger charge is -2.19. The van der Waals surface area contributed by atoms with Gasteiger partial charge in [-0.3, -0.25) is 4.79 Å². The van der Waals surface area contributed by atoms with Gasteiger partial charge in [-0.25, -0.2) is 4.98 Å². The molecule has 0 spiro atoms. The Kier molecular flexibility index (Phi) is 4.53. The number of benzene rings is 1. The Bertz CT molecular complexity index is 549. The monoisotopic (exact) mass is 273 g/mol. The third kappa shape index (κ3) is 3.24. The number of hydrogen-bond donors (Lipinski definition) is 2. The summed E-state index contributed by atoms with van der Waals surface area (Å²) in [6.45, 7) is 3.84. The van der Waals surface area contributed by atoms with Crippen molar-refractivity contribution in [2.75, 3.05) is 6.61 Å². The molecule has 0 aliphatic carbocycles. The number of aromatic nitrogens is 2. The highest BCUT2D eigenvalue weighted by Gasteiger charge is 2.14. The molecule has 0 saturated carbocycles. The molecule has 1 amide bonds. The van der Waals surface area contributed by atoms with E-state index in [2.05, 4.69) is 10.3 Å². The molecule has 2 rings (SSSR count). The summed E-state index contributed by atoms with van der Waals surface area (Å²) in [7, 11) is 0. The summed E-state index contributed by atoms with van der Waals surface area (Å²) in [4.78, 5) is 16.0. The number of amides is 1. The van der Waals surface area contributed by atoms with Crippen LogP contribution in [0.25, 0.3) is 5.69 Å². The number of nitrogens with zero attached hydrogens (tertiary/aromatic N) is 2. The second-order valence-electron chi connectivity index (χ2n) is 4.94. The van der Waals surface area contributed by atoms with E-state index in [1.807, 2.05) is 36.7 Å². The number of carbonyl (C=O) groups excluding carboxylic acids is 1. The molecular formula is C15H19N3O2. The van der Waals surface area contributed by atoms with Gasteiger partial charge in [0.2, 0.25) is 0 Å². The third-order valence-corrected chi connectivity index (χ3v) is 3.43. The molecule has 2 aromatic rings. The number of aliphatic hydroxyl groups is 1. The molecule has 0 fully saturated rings. The molecule has 5 heteroatoms. The average molecular weight is 273 g/mol. The highest BCUT2D eigenvalue weighted by molar-refractivity contribution is 5.94. The van der Waals surface area contributed by atoms with Crippen molar-refractivity contribution >= 4 is 5.91 Å². The fourth-order valence-electron chi connectivity index (χ4n) is 1.79. The van der Waals surface area contributed by atoms with E-state index in [-0.39, 0.29) is 24.5 Å². The van der Waals surface area contributed by atoms with Crippen LogP contribution >= 0.6 is 0 Å². The topological polar surface area (TPSA) is 67.2 Å². The van der Waals surface area contributed by atoms with Gasteiger partial charge in [-0.2, -0.15) is 0 Å². The van der Waals surface area contributed by atoms with Gasteiger partial charge in [-0.1, -0.05) is 6.92 Å². The van der Waals surface area contributed by atoms with Crippen LogP contribution in [0.2, 0.25) is 0 Å². The highest BCUT2D eigenvalue weighted by Crippen LogP contribution is 2.10. The van der Waals surface area contributed by atoms with Gasteiger partial charge in [-0.05, 0) is 37.1 Å². The third-order valence-electron chi connectivity index (χ3n) is 3.43. The van der Waals surface area contributed by atoms with Crippen LogP contribution in [0.1, 0.15) is 24.2 Å². The van der Waals surface area contributed by atoms with Gasteiger partial charge < -0.3 is 15.0 Å². The van der Waals surface area contributed by atoms with Crippen LogP contribution in [-0.4, -0.2) is 33.2 Å². The van der Waals surface area contributed by atoms with Crippen LogP contribution in [0, 0.1) is 5.92 Å². The Hall–Kier alpha value is -2.14. The largest absolute Gasteiger partial charge is 0.396 e. The molecule has 0 radical (unpaired) electrons. The normalized spacial score (nSPS) is 13.8. The molecule has 5 nitrogen and oxygen atoms in total. The predicted octanol–water partition coefficient (Wildman–Crippen LogP) is 1.62. The Morgan fingerprint density at radius 1 is 1.35 bits per heavy atom. The van der Waals surface area contributed by atoms with Gasteiger partial charge >= 0.3 is 0 Å². The lowest BCUT2D eigenvalue weighted by atomic mass is 10.0. The van der Waals surface area contributed by atoms with Crippen molar-refractivity contribution < 1.29 is 9.90 Å². The summed E-state index contributed by atoms with van der Waals surface area (Å²) in [6, 6.07) is 7.23. The Morgan fingerprint density at radius 3 is 2.60 bits per heavy atom. The first-order chi connectivity index (χ1) is 9.61. The van der Waals surface area contributed by atoms with E-state index in [9.17, 15) is 4.79 Å². The molecule has 2 N–H and O–H groups in total. The quantitative estimate of drug-likeness (QED) is 0.870. The summed E-state index contributed by atoms with van der Waals surface area (Å²) >= 11 is 0. The Balaban J connectivity index is 2.04. The lowest BCUT2D eigenvalue weighted by Crippen LogP contribution is -2.38. The van der Waals surface area contributed by atoms with E-state index in [1.54, 1.807) is 24.7 Å². The summed E-state index contributed by atoms with van der Waals surface area (Å²) < 4.78 is 1.87. The van der Waals surface area contributed by atoms with Gasteiger partial charge in [0.05, 0.1) is 6.33 Å². The number of nitrogens with one attached hydrogen (secondary N) is 1. The van der Waals surface area contributed by atoms with Crippen molar-refractivity contribution in [2.45, 2.75) is 19.9 Å². The molecule has 2 atom stereocenters. The molecule has 0 saturated heterocycles. The molecule has 20 heavy (non-hydrogen) atoms. The zero-order chi connectivity index (χ0) is 14.5. The maximum atomic E-state index is 12.1. The molecule has 0 aliphatic heterocycles. The molecule has 1 aromatic heterocycles. The fraction of sp³-hybridized carbons (Fsp3) is 0.333. The minimum Gasteiger partial charge on any atom is -0.396 e. The summed E-state index contributed by atoms with van der Waals surface area (Å²) in [6.07, 6.45) is 5.26. The van der Waals surface area contributed by atoms with Gasteiger partial charge in [0, 0.05) is 36.3 Å². The standard InChI is InChI=1S/C15H19N3O2/c1-11(9-19)12(2)17-15(20)13-3-5-14(6-4-13)18-8-7-16-10-18/h3-8,10-12,19H,9H2,1-2H3,(H,17,20). The van der Waals surface area contributed by atoms with Crippen LogP contribution < -0.4 is 5.32 Å². The zero-order valence-electron chi connectivity index (χ0n) is 11.7. The summed E-state index contributed by atoms with van der Waals surface area (Å²) in [5.41, 5.74) is 1.56. The van der Waals surface area contributed by atoms with Crippen molar-refractivity contribution in [3.63, 3.8) is 0 Å². The molecule has 1 heterocycles. The van der Waals surface area contributed by atoms with Crippen molar-refractivity contribution in [1.82, 2.24) is 14.9 Å². The van der Waals surface area contributed by atoms with E-state index < -0.39 is 0 Å². The maximum absolute atomic E-state index is 12.1. The first-order valence-electron chi connectivity index (χ1n) is 6.62. The van der Waals surface area contributed by atoms with Gasteiger partial charge in [0.25, 0.3) is 5.91 Å². The molecule has 0 aliphatic rings. The van der Waals surface area contributed by atoms with Crippen molar-refractivity contribution in [3.05, 3.63) is 48.5 Å². The number of aliphatic hydroxyl groups excluding tert-OH is 1. The smallest absolute Gasteiger partial charge is 0.251 e. The van der Waals surface area contributed by atoms with Crippen molar-refractivity contribution in [2.24, 2.45) is 5.92 Å². The van der Waals surface area contributed by atoms with E-state index in [0.717, 1.165) is 5.69 Å². The number of imidazole rings is 1. The van der Waals surface area contributed by atoms with Crippen molar-refractivity contribution in [3.8, 4) is 5.69 Å². The van der Waals surface area contributed by atoms with Crippen LogP contribution in [-0.2, 0) is 0 Å². The fourth-order valence-corrected chi connectivity index (χ4v) is 1.79. The average Bonchev–Trinajstić information content (AvgIpc) is 3.00. The molecule has 2 unspecified atom stereocenters. The Morgan fingerprint density at radius 2 is 2.05 bits per heavy atom. The number of carbonyl (C=O) groups is 1. The molecule has 106 valence electrons. The first kappa shape index (κ1) is 14.3. The summed E-state index contributed by atoms with van der Waals surface area (Å²) in [5.74, 6) is -0.0980. The number of hydrogen-bond acceptors (Lipinski definition) is 3. The molecule has 0 bridgehead atoms. The van der Waals surface area contributed by atoms with E-state index in [0.29, 0.717) is 5.56 Å². The predicted molar refractivity (Wildman–Crippen MR) is 76.7 cm³/mol. The minimum absolute atomic E-state index is 0.0316. The molecular weight excluding hydrogens is 254 g/mol. The maximum Gasteiger partial charge on any atom is 0.251 e. The van der Waals surface area contributed by atoms with E-state index in [4.69, 9.17) is 5.11 Å². The number of rotatable bonds is 5. The van der Waals surface area contributed by atoms with Crippen molar-refractivity contribution in [1.29, 1.82) is 0 Å². The minimum atomic E-state index is -0.130. The SMILES string of the molecule is CC(CO)C(C)NC(=O)c1ccc(-n2ccnc2)cc1. The first-order valence-corrected chi connectivity index (χ1v) is 6.62. The lowest BCUT2D eigenvalue weighted by molar-refractivity contribution is 0.0916. The van der Waals surface area contributed by atoms with Crippen LogP contribution in [0.5, 0.6) is 0 Å². The van der Waals surface area contributed by atoms with Crippen LogP contribution in [0.3, 0.4) is 0 Å². The van der Waals surface area contributed by atoms with Crippen LogP contribution in [0.4, 0.5) is 0 Å².